The van der Waals surface area contributed by atoms with E-state index in [2.05, 4.69) is 31.2 Å². The Hall–Kier alpha value is -0.860. The average Bonchev–Trinajstić information content (AvgIpc) is 2.22. The van der Waals surface area contributed by atoms with Gasteiger partial charge in [-0.1, -0.05) is 29.8 Å². The van der Waals surface area contributed by atoms with Crippen molar-refractivity contribution in [1.82, 2.24) is 0 Å². The molecule has 2 rings (SSSR count). The van der Waals surface area contributed by atoms with Gasteiger partial charge in [0.1, 0.15) is 0 Å². The first-order valence-electron chi connectivity index (χ1n) is 5.60. The zero-order valence-corrected chi connectivity index (χ0v) is 9.33. The Morgan fingerprint density at radius 3 is 2.40 bits per heavy atom. The maximum absolute atomic E-state index is 6.35. The molecule has 1 aromatic rings. The van der Waals surface area contributed by atoms with Crippen molar-refractivity contribution < 1.29 is 4.74 Å². The summed E-state index contributed by atoms with van der Waals surface area (Å²) in [5, 5.41) is 0. The van der Waals surface area contributed by atoms with E-state index in [1.54, 1.807) is 0 Å². The molecule has 1 aromatic carbocycles. The summed E-state index contributed by atoms with van der Waals surface area (Å²) in [5.41, 5.74) is 8.94. The van der Waals surface area contributed by atoms with E-state index in [1.807, 2.05) is 0 Å². The Kier molecular flexibility index (Phi) is 3.08. The third-order valence-corrected chi connectivity index (χ3v) is 3.17. The van der Waals surface area contributed by atoms with Gasteiger partial charge in [0.15, 0.2) is 0 Å². The van der Waals surface area contributed by atoms with Crippen molar-refractivity contribution in [2.24, 2.45) is 5.73 Å². The summed E-state index contributed by atoms with van der Waals surface area (Å²) in [7, 11) is 0. The second-order valence-corrected chi connectivity index (χ2v) is 4.64. The van der Waals surface area contributed by atoms with Crippen molar-refractivity contribution in [3.8, 4) is 0 Å². The maximum Gasteiger partial charge on any atom is 0.0483 e. The molecule has 0 spiro atoms. The third-order valence-electron chi connectivity index (χ3n) is 3.17. The fourth-order valence-electron chi connectivity index (χ4n) is 2.07. The smallest absolute Gasteiger partial charge is 0.0483 e. The summed E-state index contributed by atoms with van der Waals surface area (Å²) in [5.74, 6) is 0. The maximum atomic E-state index is 6.35. The van der Waals surface area contributed by atoms with Crippen LogP contribution in [0.4, 0.5) is 0 Å². The molecule has 1 heterocycles. The number of aryl methyl sites for hydroxylation is 1. The highest BCUT2D eigenvalue weighted by Gasteiger charge is 2.27. The van der Waals surface area contributed by atoms with Crippen molar-refractivity contribution in [3.63, 3.8) is 0 Å². The fourth-order valence-corrected chi connectivity index (χ4v) is 2.07. The lowest BCUT2D eigenvalue weighted by molar-refractivity contribution is 0.0533. The standard InChI is InChI=1S/C13H19NO/c1-11-2-4-12(5-3-11)10-13(14)6-8-15-9-7-13/h2-5H,6-10,14H2,1H3. The third kappa shape index (κ3) is 2.80. The van der Waals surface area contributed by atoms with Crippen LogP contribution in [0.3, 0.4) is 0 Å². The van der Waals surface area contributed by atoms with Gasteiger partial charge in [0, 0.05) is 18.8 Å². The van der Waals surface area contributed by atoms with Crippen LogP contribution in [-0.4, -0.2) is 18.8 Å². The zero-order chi connectivity index (χ0) is 10.7. The van der Waals surface area contributed by atoms with Gasteiger partial charge >= 0.3 is 0 Å². The van der Waals surface area contributed by atoms with Gasteiger partial charge in [-0.3, -0.25) is 0 Å². The van der Waals surface area contributed by atoms with Gasteiger partial charge in [-0.15, -0.1) is 0 Å². The first-order valence-corrected chi connectivity index (χ1v) is 5.60. The van der Waals surface area contributed by atoms with Crippen LogP contribution in [0, 0.1) is 6.92 Å². The molecule has 15 heavy (non-hydrogen) atoms. The highest BCUT2D eigenvalue weighted by molar-refractivity contribution is 5.23. The van der Waals surface area contributed by atoms with Crippen molar-refractivity contribution in [1.29, 1.82) is 0 Å². The molecule has 1 fully saturated rings. The van der Waals surface area contributed by atoms with Crippen molar-refractivity contribution >= 4 is 0 Å². The van der Waals surface area contributed by atoms with Gasteiger partial charge in [-0.25, -0.2) is 0 Å². The van der Waals surface area contributed by atoms with Gasteiger partial charge in [-0.05, 0) is 31.7 Å². The average molecular weight is 205 g/mol. The lowest BCUT2D eigenvalue weighted by atomic mass is 9.85. The SMILES string of the molecule is Cc1ccc(CC2(N)CCOCC2)cc1. The monoisotopic (exact) mass is 205 g/mol. The van der Waals surface area contributed by atoms with E-state index >= 15 is 0 Å². The number of hydrogen-bond acceptors (Lipinski definition) is 2. The van der Waals surface area contributed by atoms with Gasteiger partial charge in [-0.2, -0.15) is 0 Å². The Labute approximate surface area is 91.4 Å². The van der Waals surface area contributed by atoms with Crippen molar-refractivity contribution in [2.75, 3.05) is 13.2 Å². The number of ether oxygens (including phenoxy) is 1. The summed E-state index contributed by atoms with van der Waals surface area (Å²) in [4.78, 5) is 0. The Bertz CT molecular complexity index is 312. The minimum Gasteiger partial charge on any atom is -0.381 e. The summed E-state index contributed by atoms with van der Waals surface area (Å²) >= 11 is 0. The van der Waals surface area contributed by atoms with Crippen LogP contribution in [0.1, 0.15) is 24.0 Å². The number of benzene rings is 1. The highest BCUT2D eigenvalue weighted by atomic mass is 16.5. The topological polar surface area (TPSA) is 35.2 Å². The molecule has 0 aromatic heterocycles. The van der Waals surface area contributed by atoms with Gasteiger partial charge in [0.05, 0.1) is 0 Å². The Balaban J connectivity index is 2.03. The molecule has 1 aliphatic heterocycles. The molecule has 1 aliphatic rings. The molecule has 0 bridgehead atoms. The molecule has 0 radical (unpaired) electrons. The summed E-state index contributed by atoms with van der Waals surface area (Å²) < 4.78 is 5.34. The molecule has 2 heteroatoms. The molecular weight excluding hydrogens is 186 g/mol. The summed E-state index contributed by atoms with van der Waals surface area (Å²) in [6.45, 7) is 3.72. The van der Waals surface area contributed by atoms with Crippen LogP contribution in [0.2, 0.25) is 0 Å². The van der Waals surface area contributed by atoms with E-state index in [0.29, 0.717) is 0 Å². The van der Waals surface area contributed by atoms with Gasteiger partial charge in [0.25, 0.3) is 0 Å². The largest absolute Gasteiger partial charge is 0.381 e. The molecular formula is C13H19NO. The lowest BCUT2D eigenvalue weighted by Crippen LogP contribution is -2.46. The normalized spacial score (nSPS) is 20.1. The van der Waals surface area contributed by atoms with Crippen LogP contribution in [-0.2, 0) is 11.2 Å². The van der Waals surface area contributed by atoms with E-state index in [9.17, 15) is 0 Å². The van der Waals surface area contributed by atoms with Crippen molar-refractivity contribution in [3.05, 3.63) is 35.4 Å². The summed E-state index contributed by atoms with van der Waals surface area (Å²) in [6, 6.07) is 8.66. The molecule has 0 amide bonds. The van der Waals surface area contributed by atoms with Gasteiger partial charge < -0.3 is 10.5 Å². The lowest BCUT2D eigenvalue weighted by Gasteiger charge is -2.33. The molecule has 2 N–H and O–H groups in total. The predicted molar refractivity (Wildman–Crippen MR) is 61.9 cm³/mol. The molecule has 0 unspecified atom stereocenters. The minimum absolute atomic E-state index is 0.0481. The minimum atomic E-state index is -0.0481. The second kappa shape index (κ2) is 4.33. The summed E-state index contributed by atoms with van der Waals surface area (Å²) in [6.07, 6.45) is 2.92. The molecule has 2 nitrogen and oxygen atoms in total. The van der Waals surface area contributed by atoms with Crippen molar-refractivity contribution in [2.45, 2.75) is 31.7 Å². The van der Waals surface area contributed by atoms with Crippen LogP contribution < -0.4 is 5.73 Å². The first-order chi connectivity index (χ1) is 7.18. The zero-order valence-electron chi connectivity index (χ0n) is 9.33. The van der Waals surface area contributed by atoms with Crippen LogP contribution >= 0.6 is 0 Å². The molecule has 82 valence electrons. The Morgan fingerprint density at radius 2 is 1.80 bits per heavy atom. The number of rotatable bonds is 2. The highest BCUT2D eigenvalue weighted by Crippen LogP contribution is 2.22. The molecule has 0 saturated carbocycles. The molecule has 0 atom stereocenters. The van der Waals surface area contributed by atoms with Crippen LogP contribution in [0.25, 0.3) is 0 Å². The number of nitrogens with two attached hydrogens (primary N) is 1. The second-order valence-electron chi connectivity index (χ2n) is 4.64. The number of hydrogen-bond donors (Lipinski definition) is 1. The molecule has 1 saturated heterocycles. The predicted octanol–water partition coefficient (Wildman–Crippen LogP) is 2.05. The fraction of sp³-hybridized carbons (Fsp3) is 0.538. The molecule has 0 aliphatic carbocycles. The van der Waals surface area contributed by atoms with Crippen LogP contribution in [0.5, 0.6) is 0 Å². The van der Waals surface area contributed by atoms with E-state index < -0.39 is 0 Å². The van der Waals surface area contributed by atoms with E-state index in [4.69, 9.17) is 10.5 Å². The van der Waals surface area contributed by atoms with E-state index in [-0.39, 0.29) is 5.54 Å². The van der Waals surface area contributed by atoms with E-state index in [1.165, 1.54) is 11.1 Å². The van der Waals surface area contributed by atoms with Crippen LogP contribution in [0.15, 0.2) is 24.3 Å². The quantitative estimate of drug-likeness (QED) is 0.802. The van der Waals surface area contributed by atoms with E-state index in [0.717, 1.165) is 32.5 Å². The first kappa shape index (κ1) is 10.7. The Morgan fingerprint density at radius 1 is 1.20 bits per heavy atom. The van der Waals surface area contributed by atoms with Gasteiger partial charge in [0.2, 0.25) is 0 Å².